The fourth-order valence-electron chi connectivity index (χ4n) is 1.35. The summed E-state index contributed by atoms with van der Waals surface area (Å²) in [5.74, 6) is 0.829. The van der Waals surface area contributed by atoms with Gasteiger partial charge in [0.15, 0.2) is 0 Å². The Morgan fingerprint density at radius 3 is 2.50 bits per heavy atom. The number of methoxy groups -OCH3 is 1. The van der Waals surface area contributed by atoms with E-state index in [0.717, 1.165) is 30.6 Å². The number of ether oxygens (including phenoxy) is 1. The molecule has 0 heterocycles. The molecule has 0 unspecified atom stereocenters. The number of hydrogen-bond donors (Lipinski definition) is 1. The Morgan fingerprint density at radius 2 is 1.94 bits per heavy atom. The van der Waals surface area contributed by atoms with E-state index in [9.17, 15) is 0 Å². The van der Waals surface area contributed by atoms with Gasteiger partial charge in [-0.2, -0.15) is 0 Å². The number of unbranched alkanes of at least 4 members (excludes halogenated alkanes) is 1. The normalized spacial score (nSPS) is 9.31. The molecule has 0 radical (unpaired) electrons. The highest BCUT2D eigenvalue weighted by molar-refractivity contribution is 6.30. The molecule has 0 bridgehead atoms. The Balaban J connectivity index is 0.00000106. The lowest BCUT2D eigenvalue weighted by atomic mass is 10.1. The van der Waals surface area contributed by atoms with Gasteiger partial charge in [-0.3, -0.25) is 0 Å². The number of halogens is 1. The minimum Gasteiger partial charge on any atom is -0.496 e. The second-order valence-corrected chi connectivity index (χ2v) is 3.57. The first-order valence-electron chi connectivity index (χ1n) is 5.71. The van der Waals surface area contributed by atoms with Gasteiger partial charge in [0, 0.05) is 11.6 Å². The van der Waals surface area contributed by atoms with Gasteiger partial charge in [0.25, 0.3) is 0 Å². The molecule has 1 aromatic carbocycles. The second-order valence-electron chi connectivity index (χ2n) is 3.14. The third kappa shape index (κ3) is 5.38. The zero-order valence-electron chi connectivity index (χ0n) is 10.3. The highest BCUT2D eigenvalue weighted by Crippen LogP contribution is 2.24. The lowest BCUT2D eigenvalue weighted by Crippen LogP contribution is -1.93. The third-order valence-corrected chi connectivity index (χ3v) is 2.34. The van der Waals surface area contributed by atoms with E-state index < -0.39 is 0 Å². The minimum absolute atomic E-state index is 0.246. The first-order chi connectivity index (χ1) is 7.77. The lowest BCUT2D eigenvalue weighted by molar-refractivity contribution is 0.284. The van der Waals surface area contributed by atoms with Crippen molar-refractivity contribution >= 4 is 11.6 Å². The van der Waals surface area contributed by atoms with E-state index >= 15 is 0 Å². The summed E-state index contributed by atoms with van der Waals surface area (Å²) in [6.07, 6.45) is 2.71. The van der Waals surface area contributed by atoms with Crippen molar-refractivity contribution in [2.24, 2.45) is 0 Å². The van der Waals surface area contributed by atoms with Crippen molar-refractivity contribution in [3.8, 4) is 5.75 Å². The zero-order chi connectivity index (χ0) is 12.4. The van der Waals surface area contributed by atoms with Crippen LogP contribution in [0.15, 0.2) is 18.2 Å². The Bertz CT molecular complexity index is 287. The number of rotatable bonds is 5. The summed E-state index contributed by atoms with van der Waals surface area (Å²) in [5, 5.41) is 9.35. The van der Waals surface area contributed by atoms with Crippen LogP contribution in [0.5, 0.6) is 5.75 Å². The van der Waals surface area contributed by atoms with Crippen LogP contribution in [0.3, 0.4) is 0 Å². The molecule has 16 heavy (non-hydrogen) atoms. The second kappa shape index (κ2) is 9.49. The van der Waals surface area contributed by atoms with Crippen LogP contribution in [0.25, 0.3) is 0 Å². The summed E-state index contributed by atoms with van der Waals surface area (Å²) in [4.78, 5) is 0. The van der Waals surface area contributed by atoms with Gasteiger partial charge in [-0.25, -0.2) is 0 Å². The van der Waals surface area contributed by atoms with E-state index in [2.05, 4.69) is 0 Å². The number of hydrogen-bond acceptors (Lipinski definition) is 2. The zero-order valence-corrected chi connectivity index (χ0v) is 11.0. The van der Waals surface area contributed by atoms with Crippen LogP contribution in [-0.4, -0.2) is 18.8 Å². The molecule has 1 N–H and O–H groups in total. The fraction of sp³-hybridized carbons (Fsp3) is 0.538. The largest absolute Gasteiger partial charge is 0.496 e. The third-order valence-electron chi connectivity index (χ3n) is 2.10. The monoisotopic (exact) mass is 244 g/mol. The van der Waals surface area contributed by atoms with Crippen molar-refractivity contribution in [1.82, 2.24) is 0 Å². The average Bonchev–Trinajstić information content (AvgIpc) is 2.33. The maximum atomic E-state index is 8.66. The molecule has 0 spiro atoms. The molecule has 0 saturated carbocycles. The van der Waals surface area contributed by atoms with Gasteiger partial charge in [-0.1, -0.05) is 31.5 Å². The summed E-state index contributed by atoms with van der Waals surface area (Å²) < 4.78 is 5.21. The summed E-state index contributed by atoms with van der Waals surface area (Å²) in [6, 6.07) is 5.65. The van der Waals surface area contributed by atoms with Crippen LogP contribution < -0.4 is 4.74 Å². The molecule has 0 aliphatic heterocycles. The lowest BCUT2D eigenvalue weighted by Gasteiger charge is -2.08. The minimum atomic E-state index is 0.246. The highest BCUT2D eigenvalue weighted by atomic mass is 35.5. The van der Waals surface area contributed by atoms with Gasteiger partial charge in [0.05, 0.1) is 7.11 Å². The van der Waals surface area contributed by atoms with Crippen LogP contribution >= 0.6 is 11.6 Å². The molecule has 1 rings (SSSR count). The van der Waals surface area contributed by atoms with Crippen LogP contribution in [0.4, 0.5) is 0 Å². The Labute approximate surface area is 103 Å². The topological polar surface area (TPSA) is 29.5 Å². The maximum Gasteiger partial charge on any atom is 0.123 e. The Kier molecular flexibility index (Phi) is 9.06. The van der Waals surface area contributed by atoms with E-state index in [0.29, 0.717) is 5.02 Å². The molecule has 0 aliphatic carbocycles. The van der Waals surface area contributed by atoms with Crippen molar-refractivity contribution < 1.29 is 9.84 Å². The van der Waals surface area contributed by atoms with Crippen molar-refractivity contribution in [1.29, 1.82) is 0 Å². The molecule has 0 amide bonds. The molecule has 0 atom stereocenters. The number of aliphatic hydroxyl groups is 1. The molecule has 1 aromatic rings. The van der Waals surface area contributed by atoms with Crippen LogP contribution in [0.1, 0.15) is 32.3 Å². The Hall–Kier alpha value is -0.730. The van der Waals surface area contributed by atoms with Gasteiger partial charge in [0.1, 0.15) is 5.75 Å². The molecular formula is C13H21ClO2. The van der Waals surface area contributed by atoms with E-state index in [1.807, 2.05) is 32.0 Å². The van der Waals surface area contributed by atoms with Gasteiger partial charge < -0.3 is 9.84 Å². The average molecular weight is 245 g/mol. The SMILES string of the molecule is CC.COc1cc(Cl)ccc1CCCCO. The van der Waals surface area contributed by atoms with Crippen LogP contribution in [0.2, 0.25) is 5.02 Å². The summed E-state index contributed by atoms with van der Waals surface area (Å²) in [6.45, 7) is 4.25. The molecule has 0 saturated heterocycles. The van der Waals surface area contributed by atoms with Crippen molar-refractivity contribution in [3.05, 3.63) is 28.8 Å². The predicted octanol–water partition coefficient (Wildman–Crippen LogP) is 3.69. The first-order valence-corrected chi connectivity index (χ1v) is 6.09. The fourth-order valence-corrected chi connectivity index (χ4v) is 1.51. The summed E-state index contributed by atoms with van der Waals surface area (Å²) >= 11 is 5.84. The molecule has 0 aliphatic rings. The number of aryl methyl sites for hydroxylation is 1. The van der Waals surface area contributed by atoms with E-state index in [1.165, 1.54) is 0 Å². The highest BCUT2D eigenvalue weighted by Gasteiger charge is 2.02. The van der Waals surface area contributed by atoms with Crippen LogP contribution in [-0.2, 0) is 6.42 Å². The summed E-state index contributed by atoms with van der Waals surface area (Å²) in [5.41, 5.74) is 1.14. The first kappa shape index (κ1) is 15.3. The smallest absolute Gasteiger partial charge is 0.123 e. The van der Waals surface area contributed by atoms with Crippen LogP contribution in [0, 0.1) is 0 Å². The molecule has 0 fully saturated rings. The molecule has 2 nitrogen and oxygen atoms in total. The summed E-state index contributed by atoms with van der Waals surface area (Å²) in [7, 11) is 1.64. The van der Waals surface area contributed by atoms with Crippen molar-refractivity contribution in [2.75, 3.05) is 13.7 Å². The van der Waals surface area contributed by atoms with Crippen molar-refractivity contribution in [3.63, 3.8) is 0 Å². The van der Waals surface area contributed by atoms with E-state index in [1.54, 1.807) is 7.11 Å². The molecule has 3 heteroatoms. The Morgan fingerprint density at radius 1 is 1.25 bits per heavy atom. The van der Waals surface area contributed by atoms with Gasteiger partial charge >= 0.3 is 0 Å². The number of aliphatic hydroxyl groups excluding tert-OH is 1. The predicted molar refractivity (Wildman–Crippen MR) is 69.4 cm³/mol. The molecule has 92 valence electrons. The van der Waals surface area contributed by atoms with Gasteiger partial charge in [-0.15, -0.1) is 0 Å². The van der Waals surface area contributed by atoms with E-state index in [4.69, 9.17) is 21.4 Å². The number of benzene rings is 1. The van der Waals surface area contributed by atoms with Crippen molar-refractivity contribution in [2.45, 2.75) is 33.1 Å². The maximum absolute atomic E-state index is 8.66. The van der Waals surface area contributed by atoms with Gasteiger partial charge in [-0.05, 0) is 37.0 Å². The van der Waals surface area contributed by atoms with E-state index in [-0.39, 0.29) is 6.61 Å². The quantitative estimate of drug-likeness (QED) is 0.801. The standard InChI is InChI=1S/C11H15ClO2.C2H6/c1-14-11-8-10(12)6-5-9(11)4-2-3-7-13;1-2/h5-6,8,13H,2-4,7H2,1H3;1-2H3. The molecular weight excluding hydrogens is 224 g/mol. The molecule has 0 aromatic heterocycles. The van der Waals surface area contributed by atoms with Gasteiger partial charge in [0.2, 0.25) is 0 Å².